The second-order valence-corrected chi connectivity index (χ2v) is 9.07. The van der Waals surface area contributed by atoms with Crippen molar-refractivity contribution in [2.24, 2.45) is 0 Å². The van der Waals surface area contributed by atoms with Gasteiger partial charge < -0.3 is 0 Å². The summed E-state index contributed by atoms with van der Waals surface area (Å²) in [5, 5.41) is -1.24. The van der Waals surface area contributed by atoms with Crippen molar-refractivity contribution >= 4 is 65.2 Å². The van der Waals surface area contributed by atoms with Crippen LogP contribution in [0.15, 0.2) is 21.3 Å². The number of fused-ring (bicyclic) bond motifs is 6. The molecule has 4 nitrogen and oxygen atoms in total. The van der Waals surface area contributed by atoms with Crippen LogP contribution in [-0.4, -0.2) is 27.2 Å². The summed E-state index contributed by atoms with van der Waals surface area (Å²) in [5.41, 5.74) is -8.41. The number of carbonyl (C=O) groups is 2. The lowest BCUT2D eigenvalue weighted by atomic mass is 9.90. The molecule has 162 valence electrons. The monoisotopic (exact) mass is 564 g/mol. The van der Waals surface area contributed by atoms with Crippen LogP contribution in [0.1, 0.15) is 52.6 Å². The Kier molecular flexibility index (Phi) is 4.66. The zero-order chi connectivity index (χ0) is 23.3. The van der Waals surface area contributed by atoms with E-state index in [-0.39, 0.29) is 38.3 Å². The molecule has 1 aliphatic carbocycles. The molecule has 0 amide bonds. The van der Waals surface area contributed by atoms with Crippen LogP contribution in [0, 0.1) is 0 Å². The van der Waals surface area contributed by atoms with E-state index in [2.05, 4.69) is 41.8 Å². The van der Waals surface area contributed by atoms with Gasteiger partial charge in [0.1, 0.15) is 9.21 Å². The molecule has 11 heteroatoms. The van der Waals surface area contributed by atoms with Gasteiger partial charge in [-0.2, -0.15) is 17.6 Å². The third-order valence-corrected chi connectivity index (χ3v) is 6.33. The van der Waals surface area contributed by atoms with E-state index in [4.69, 9.17) is 0 Å². The zero-order valence-electron chi connectivity index (χ0n) is 16.0. The van der Waals surface area contributed by atoms with Crippen molar-refractivity contribution in [3.8, 4) is 0 Å². The lowest BCUT2D eigenvalue weighted by molar-refractivity contribution is -0.228. The van der Waals surface area contributed by atoms with Crippen molar-refractivity contribution in [2.45, 2.75) is 38.3 Å². The van der Waals surface area contributed by atoms with Crippen LogP contribution in [0.5, 0.6) is 0 Å². The van der Waals surface area contributed by atoms with Gasteiger partial charge in [0.05, 0.1) is 11.0 Å². The van der Waals surface area contributed by atoms with Crippen LogP contribution >= 0.6 is 31.9 Å². The SMILES string of the molecule is CC(=O)c1cc(Br)nc2c1c1c(c3c(C(C)=O)cc(Br)nc32)C(F)(F)C(C)(F)C1(F)F. The van der Waals surface area contributed by atoms with Crippen LogP contribution in [0.2, 0.25) is 0 Å². The summed E-state index contributed by atoms with van der Waals surface area (Å²) >= 11 is 6.16. The second kappa shape index (κ2) is 6.50. The fraction of sp³-hybridized carbons (Fsp3) is 0.300. The smallest absolute Gasteiger partial charge is 0.294 e. The van der Waals surface area contributed by atoms with Gasteiger partial charge in [0, 0.05) is 33.0 Å². The molecular weight excluding hydrogens is 555 g/mol. The minimum absolute atomic E-state index is 0.0497. The number of alkyl halides is 5. The number of ketones is 2. The Bertz CT molecular complexity index is 1250. The average molecular weight is 566 g/mol. The molecule has 0 radical (unpaired) electrons. The van der Waals surface area contributed by atoms with Crippen LogP contribution < -0.4 is 0 Å². The number of pyridine rings is 2. The second-order valence-electron chi connectivity index (χ2n) is 7.45. The molecule has 4 rings (SSSR count). The summed E-state index contributed by atoms with van der Waals surface area (Å²) in [6.45, 7) is 2.23. The number of Topliss-reactive ketones (excluding diaryl/α,β-unsaturated/α-hetero) is 2. The molecule has 0 aliphatic heterocycles. The highest BCUT2D eigenvalue weighted by Gasteiger charge is 2.76. The first-order valence-corrected chi connectivity index (χ1v) is 10.4. The Morgan fingerprint density at radius 1 is 0.774 bits per heavy atom. The summed E-state index contributed by atoms with van der Waals surface area (Å²) in [4.78, 5) is 32.7. The largest absolute Gasteiger partial charge is 0.313 e. The van der Waals surface area contributed by atoms with Crippen LogP contribution in [-0.2, 0) is 11.8 Å². The highest BCUT2D eigenvalue weighted by Crippen LogP contribution is 2.65. The molecule has 0 saturated carbocycles. The summed E-state index contributed by atoms with van der Waals surface area (Å²) in [6.07, 6.45) is 0. The first kappa shape index (κ1) is 22.2. The molecule has 0 fully saturated rings. The van der Waals surface area contributed by atoms with Crippen molar-refractivity contribution in [1.82, 2.24) is 9.97 Å². The minimum Gasteiger partial charge on any atom is -0.294 e. The number of hydrogen-bond acceptors (Lipinski definition) is 4. The summed E-state index contributed by atoms with van der Waals surface area (Å²) < 4.78 is 76.4. The van der Waals surface area contributed by atoms with Crippen molar-refractivity contribution < 1.29 is 31.5 Å². The van der Waals surface area contributed by atoms with Gasteiger partial charge in [-0.1, -0.05) is 0 Å². The Labute approximate surface area is 188 Å². The van der Waals surface area contributed by atoms with Gasteiger partial charge in [-0.3, -0.25) is 9.59 Å². The maximum atomic E-state index is 15.3. The third-order valence-electron chi connectivity index (χ3n) is 5.52. The van der Waals surface area contributed by atoms with E-state index < -0.39 is 51.0 Å². The molecule has 0 N–H and O–H groups in total. The van der Waals surface area contributed by atoms with E-state index in [0.29, 0.717) is 0 Å². The van der Waals surface area contributed by atoms with Crippen molar-refractivity contribution in [3.63, 3.8) is 0 Å². The fourth-order valence-electron chi connectivity index (χ4n) is 3.98. The number of rotatable bonds is 2. The predicted molar refractivity (Wildman–Crippen MR) is 110 cm³/mol. The number of carbonyl (C=O) groups excluding carboxylic acids is 2. The van der Waals surface area contributed by atoms with Crippen molar-refractivity contribution in [3.05, 3.63) is 43.6 Å². The van der Waals surface area contributed by atoms with E-state index >= 15 is 22.0 Å². The molecule has 3 aromatic rings. The highest BCUT2D eigenvalue weighted by atomic mass is 79.9. The number of benzene rings is 1. The molecule has 0 bridgehead atoms. The van der Waals surface area contributed by atoms with Crippen LogP contribution in [0.4, 0.5) is 22.0 Å². The molecule has 31 heavy (non-hydrogen) atoms. The standard InChI is InChI=1S/C20H11Br2F5N2O2/c1-6(30)8-4-10(21)28-16-12(8)14-15(20(26,27)18(3,23)19(14,24)25)13-9(7(2)31)5-11(22)29-17(13)16/h4-5H,1-3H3. The molecule has 0 atom stereocenters. The van der Waals surface area contributed by atoms with Crippen LogP contribution in [0.3, 0.4) is 0 Å². The first-order valence-electron chi connectivity index (χ1n) is 8.78. The number of hydrogen-bond donors (Lipinski definition) is 0. The van der Waals surface area contributed by atoms with Crippen LogP contribution in [0.25, 0.3) is 21.8 Å². The Morgan fingerprint density at radius 3 is 1.39 bits per heavy atom. The van der Waals surface area contributed by atoms with E-state index in [9.17, 15) is 9.59 Å². The van der Waals surface area contributed by atoms with E-state index in [1.807, 2.05) is 0 Å². The molecule has 2 aromatic heterocycles. The summed E-state index contributed by atoms with van der Waals surface area (Å²) in [6, 6.07) is 2.20. The topological polar surface area (TPSA) is 59.9 Å². The van der Waals surface area contributed by atoms with Gasteiger partial charge in [0.15, 0.2) is 11.6 Å². The first-order chi connectivity index (χ1) is 14.1. The van der Waals surface area contributed by atoms with Gasteiger partial charge >= 0.3 is 11.8 Å². The van der Waals surface area contributed by atoms with Gasteiger partial charge in [0.25, 0.3) is 0 Å². The molecule has 0 saturated heterocycles. The highest BCUT2D eigenvalue weighted by molar-refractivity contribution is 9.10. The minimum atomic E-state index is -4.70. The third kappa shape index (κ3) is 2.68. The van der Waals surface area contributed by atoms with E-state index in [1.54, 1.807) is 0 Å². The number of aromatic nitrogens is 2. The van der Waals surface area contributed by atoms with E-state index in [1.165, 1.54) is 0 Å². The summed E-state index contributed by atoms with van der Waals surface area (Å²) in [5.74, 6) is -10.8. The van der Waals surface area contributed by atoms with Crippen molar-refractivity contribution in [1.29, 1.82) is 0 Å². The van der Waals surface area contributed by atoms with Gasteiger partial charge in [-0.15, -0.1) is 0 Å². The molecule has 2 heterocycles. The fourth-order valence-corrected chi connectivity index (χ4v) is 4.79. The van der Waals surface area contributed by atoms with Gasteiger partial charge in [0.2, 0.25) is 5.67 Å². The van der Waals surface area contributed by atoms with Gasteiger partial charge in [-0.25, -0.2) is 14.4 Å². The molecular formula is C20H11Br2F5N2O2. The number of nitrogens with zero attached hydrogens (tertiary/aromatic N) is 2. The normalized spacial score (nSPS) is 18.4. The Morgan fingerprint density at radius 2 is 1.10 bits per heavy atom. The molecule has 0 spiro atoms. The Balaban J connectivity index is 2.50. The van der Waals surface area contributed by atoms with Gasteiger partial charge in [-0.05, 0) is 64.8 Å². The maximum absolute atomic E-state index is 15.3. The zero-order valence-corrected chi connectivity index (χ0v) is 19.2. The van der Waals surface area contributed by atoms with Crippen molar-refractivity contribution in [2.75, 3.05) is 0 Å². The predicted octanol–water partition coefficient (Wildman–Crippen LogP) is 6.64. The quantitative estimate of drug-likeness (QED) is 0.151. The lowest BCUT2D eigenvalue weighted by Gasteiger charge is -2.28. The maximum Gasteiger partial charge on any atom is 0.313 e. The molecule has 1 aliphatic rings. The Hall–Kier alpha value is -2.01. The number of halogens is 7. The molecule has 1 aromatic carbocycles. The summed E-state index contributed by atoms with van der Waals surface area (Å²) in [7, 11) is 0. The molecule has 0 unspecified atom stereocenters. The average Bonchev–Trinajstić information content (AvgIpc) is 2.75. The lowest BCUT2D eigenvalue weighted by Crippen LogP contribution is -2.44. The van der Waals surface area contributed by atoms with E-state index in [0.717, 1.165) is 26.0 Å².